The summed E-state index contributed by atoms with van der Waals surface area (Å²) in [5, 5.41) is 0. The molecule has 0 aromatic carbocycles. The Balaban J connectivity index is 2.26. The third-order valence-electron chi connectivity index (χ3n) is 2.20. The zero-order chi connectivity index (χ0) is 8.39. The van der Waals surface area contributed by atoms with Crippen LogP contribution in [-0.2, 0) is 0 Å². The predicted octanol–water partition coefficient (Wildman–Crippen LogP) is 1.82. The summed E-state index contributed by atoms with van der Waals surface area (Å²) in [7, 11) is 0. The zero-order valence-electron chi connectivity index (χ0n) is 6.83. The molecule has 0 aliphatic carbocycles. The molecule has 0 bridgehead atoms. The molecule has 2 heterocycles. The fourth-order valence-corrected chi connectivity index (χ4v) is 1.58. The van der Waals surface area contributed by atoms with Gasteiger partial charge in [-0.3, -0.25) is 4.98 Å². The SMILES string of the molecule is Fc1cnccc1N1CCCC1. The van der Waals surface area contributed by atoms with E-state index in [0.29, 0.717) is 5.69 Å². The number of nitrogens with zero attached hydrogens (tertiary/aromatic N) is 2. The smallest absolute Gasteiger partial charge is 0.164 e. The molecule has 1 aliphatic rings. The minimum Gasteiger partial charge on any atom is -0.369 e. The van der Waals surface area contributed by atoms with Gasteiger partial charge in [-0.05, 0) is 18.9 Å². The maximum atomic E-state index is 13.1. The van der Waals surface area contributed by atoms with Gasteiger partial charge in [0.15, 0.2) is 5.82 Å². The third kappa shape index (κ3) is 1.26. The van der Waals surface area contributed by atoms with Crippen molar-refractivity contribution in [2.75, 3.05) is 18.0 Å². The summed E-state index contributed by atoms with van der Waals surface area (Å²) in [5.41, 5.74) is 0.697. The Morgan fingerprint density at radius 1 is 1.33 bits per heavy atom. The van der Waals surface area contributed by atoms with Crippen LogP contribution in [0.4, 0.5) is 10.1 Å². The Hall–Kier alpha value is -1.12. The molecule has 2 nitrogen and oxygen atoms in total. The molecule has 0 atom stereocenters. The van der Waals surface area contributed by atoms with Gasteiger partial charge >= 0.3 is 0 Å². The standard InChI is InChI=1S/C9H11FN2/c10-8-7-11-4-3-9(8)12-5-1-2-6-12/h3-4,7H,1-2,5-6H2. The van der Waals surface area contributed by atoms with Gasteiger partial charge in [0.25, 0.3) is 0 Å². The molecule has 1 aliphatic heterocycles. The Kier molecular flexibility index (Phi) is 1.94. The molecule has 1 aromatic rings. The highest BCUT2D eigenvalue weighted by atomic mass is 19.1. The van der Waals surface area contributed by atoms with Gasteiger partial charge in [-0.1, -0.05) is 0 Å². The summed E-state index contributed by atoms with van der Waals surface area (Å²) in [6.45, 7) is 1.95. The lowest BCUT2D eigenvalue weighted by Gasteiger charge is -2.17. The van der Waals surface area contributed by atoms with Crippen molar-refractivity contribution >= 4 is 5.69 Å². The summed E-state index contributed by atoms with van der Waals surface area (Å²) in [5.74, 6) is -0.209. The second-order valence-corrected chi connectivity index (χ2v) is 3.02. The minimum atomic E-state index is -0.209. The Labute approximate surface area is 71.0 Å². The van der Waals surface area contributed by atoms with Gasteiger partial charge in [0.1, 0.15) is 0 Å². The summed E-state index contributed by atoms with van der Waals surface area (Å²) in [6, 6.07) is 1.74. The molecular weight excluding hydrogens is 155 g/mol. The predicted molar refractivity (Wildman–Crippen MR) is 45.6 cm³/mol. The number of halogens is 1. The molecular formula is C9H11FN2. The average molecular weight is 166 g/mol. The van der Waals surface area contributed by atoms with E-state index in [4.69, 9.17) is 0 Å². The van der Waals surface area contributed by atoms with Gasteiger partial charge in [0.2, 0.25) is 0 Å². The molecule has 0 radical (unpaired) electrons. The van der Waals surface area contributed by atoms with E-state index in [0.717, 1.165) is 13.1 Å². The lowest BCUT2D eigenvalue weighted by Crippen LogP contribution is -2.18. The topological polar surface area (TPSA) is 16.1 Å². The zero-order valence-corrected chi connectivity index (χ0v) is 6.83. The highest BCUT2D eigenvalue weighted by Crippen LogP contribution is 2.21. The molecule has 12 heavy (non-hydrogen) atoms. The molecule has 3 heteroatoms. The Morgan fingerprint density at radius 3 is 2.75 bits per heavy atom. The second-order valence-electron chi connectivity index (χ2n) is 3.02. The lowest BCUT2D eigenvalue weighted by molar-refractivity contribution is 0.617. The molecule has 0 spiro atoms. The second kappa shape index (κ2) is 3.09. The fourth-order valence-electron chi connectivity index (χ4n) is 1.58. The van der Waals surface area contributed by atoms with Crippen LogP contribution in [0.1, 0.15) is 12.8 Å². The maximum Gasteiger partial charge on any atom is 0.164 e. The van der Waals surface area contributed by atoms with E-state index in [1.54, 1.807) is 12.3 Å². The number of aromatic nitrogens is 1. The van der Waals surface area contributed by atoms with Gasteiger partial charge in [-0.2, -0.15) is 0 Å². The van der Waals surface area contributed by atoms with Gasteiger partial charge in [-0.25, -0.2) is 4.39 Å². The first-order chi connectivity index (χ1) is 5.88. The highest BCUT2D eigenvalue weighted by Gasteiger charge is 2.14. The first kappa shape index (κ1) is 7.53. The van der Waals surface area contributed by atoms with Crippen molar-refractivity contribution in [3.8, 4) is 0 Å². The number of hydrogen-bond acceptors (Lipinski definition) is 2. The summed E-state index contributed by atoms with van der Waals surface area (Å²) in [6.07, 6.45) is 5.24. The molecule has 64 valence electrons. The van der Waals surface area contributed by atoms with Crippen molar-refractivity contribution in [1.29, 1.82) is 0 Å². The number of anilines is 1. The average Bonchev–Trinajstić information content (AvgIpc) is 2.57. The summed E-state index contributed by atoms with van der Waals surface area (Å²) < 4.78 is 13.1. The first-order valence-corrected chi connectivity index (χ1v) is 4.22. The van der Waals surface area contributed by atoms with E-state index in [-0.39, 0.29) is 5.82 Å². The van der Waals surface area contributed by atoms with Gasteiger partial charge in [0, 0.05) is 19.3 Å². The fraction of sp³-hybridized carbons (Fsp3) is 0.444. The van der Waals surface area contributed by atoms with E-state index >= 15 is 0 Å². The van der Waals surface area contributed by atoms with Crippen molar-refractivity contribution in [2.24, 2.45) is 0 Å². The first-order valence-electron chi connectivity index (χ1n) is 4.22. The summed E-state index contributed by atoms with van der Waals surface area (Å²) in [4.78, 5) is 5.78. The molecule has 0 N–H and O–H groups in total. The number of hydrogen-bond donors (Lipinski definition) is 0. The van der Waals surface area contributed by atoms with E-state index < -0.39 is 0 Å². The van der Waals surface area contributed by atoms with E-state index in [9.17, 15) is 4.39 Å². The van der Waals surface area contributed by atoms with Crippen LogP contribution in [0.25, 0.3) is 0 Å². The van der Waals surface area contributed by atoms with E-state index in [2.05, 4.69) is 9.88 Å². The highest BCUT2D eigenvalue weighted by molar-refractivity contribution is 5.46. The van der Waals surface area contributed by atoms with Crippen LogP contribution in [0.2, 0.25) is 0 Å². The third-order valence-corrected chi connectivity index (χ3v) is 2.20. The van der Waals surface area contributed by atoms with Crippen LogP contribution in [0, 0.1) is 5.82 Å². The maximum absolute atomic E-state index is 13.1. The molecule has 0 unspecified atom stereocenters. The van der Waals surface area contributed by atoms with Crippen LogP contribution in [0.15, 0.2) is 18.5 Å². The molecule has 1 aromatic heterocycles. The van der Waals surface area contributed by atoms with Crippen molar-refractivity contribution in [3.05, 3.63) is 24.3 Å². The van der Waals surface area contributed by atoms with Crippen molar-refractivity contribution < 1.29 is 4.39 Å². The van der Waals surface area contributed by atoms with E-state index in [1.165, 1.54) is 19.0 Å². The van der Waals surface area contributed by atoms with Gasteiger partial charge in [-0.15, -0.1) is 0 Å². The van der Waals surface area contributed by atoms with Crippen molar-refractivity contribution in [1.82, 2.24) is 4.98 Å². The largest absolute Gasteiger partial charge is 0.369 e. The van der Waals surface area contributed by atoms with Crippen LogP contribution >= 0.6 is 0 Å². The number of pyridine rings is 1. The number of rotatable bonds is 1. The van der Waals surface area contributed by atoms with Gasteiger partial charge in [0.05, 0.1) is 11.9 Å². The lowest BCUT2D eigenvalue weighted by atomic mass is 10.3. The van der Waals surface area contributed by atoms with E-state index in [1.807, 2.05) is 0 Å². The van der Waals surface area contributed by atoms with Crippen molar-refractivity contribution in [2.45, 2.75) is 12.8 Å². The molecule has 0 saturated carbocycles. The summed E-state index contributed by atoms with van der Waals surface area (Å²) >= 11 is 0. The van der Waals surface area contributed by atoms with Crippen molar-refractivity contribution in [3.63, 3.8) is 0 Å². The van der Waals surface area contributed by atoms with Gasteiger partial charge < -0.3 is 4.90 Å². The minimum absolute atomic E-state index is 0.209. The van der Waals surface area contributed by atoms with Crippen LogP contribution < -0.4 is 4.90 Å². The Bertz CT molecular complexity index is 269. The van der Waals surface area contributed by atoms with Crippen LogP contribution in [0.5, 0.6) is 0 Å². The quantitative estimate of drug-likeness (QED) is 0.632. The monoisotopic (exact) mass is 166 g/mol. The van der Waals surface area contributed by atoms with Crippen LogP contribution in [-0.4, -0.2) is 18.1 Å². The molecule has 2 rings (SSSR count). The molecule has 1 saturated heterocycles. The molecule has 1 fully saturated rings. The normalized spacial score (nSPS) is 16.9. The molecule has 0 amide bonds. The van der Waals surface area contributed by atoms with Crippen LogP contribution in [0.3, 0.4) is 0 Å². The Morgan fingerprint density at radius 2 is 2.08 bits per heavy atom.